The topological polar surface area (TPSA) is 18.5 Å². The van der Waals surface area contributed by atoms with Gasteiger partial charge in [0.25, 0.3) is 0 Å². The lowest BCUT2D eigenvalue weighted by atomic mass is 9.93. The maximum atomic E-state index is 6.11. The third kappa shape index (κ3) is 8.98. The molecule has 2 aromatic rings. The monoisotopic (exact) mass is 978 g/mol. The van der Waals surface area contributed by atoms with Crippen molar-refractivity contribution in [1.29, 1.82) is 0 Å². The van der Waals surface area contributed by atoms with Crippen LogP contribution in [0.25, 0.3) is 0 Å². The van der Waals surface area contributed by atoms with Crippen LogP contribution in [0.5, 0.6) is 11.5 Å². The van der Waals surface area contributed by atoms with Crippen molar-refractivity contribution in [2.45, 2.75) is 58.8 Å². The van der Waals surface area contributed by atoms with Crippen LogP contribution < -0.4 is 9.47 Å². The molecule has 0 spiro atoms. The summed E-state index contributed by atoms with van der Waals surface area (Å²) in [7, 11) is 0. The molecule has 0 aliphatic rings. The van der Waals surface area contributed by atoms with Crippen molar-refractivity contribution in [2.24, 2.45) is 0 Å². The molecule has 34 heavy (non-hydrogen) atoms. The fourth-order valence-corrected chi connectivity index (χ4v) is 7.39. The summed E-state index contributed by atoms with van der Waals surface area (Å²) in [6, 6.07) is 8.51. The Labute approximate surface area is 270 Å². The molecule has 0 amide bonds. The predicted octanol–water partition coefficient (Wildman–Crippen LogP) is 11.5. The van der Waals surface area contributed by atoms with Crippen LogP contribution in [0.3, 0.4) is 0 Å². The highest BCUT2D eigenvalue weighted by molar-refractivity contribution is 9.13. The maximum absolute atomic E-state index is 6.11. The van der Waals surface area contributed by atoms with Crippen molar-refractivity contribution in [3.8, 4) is 11.5 Å². The average molecular weight is 986 g/mol. The Hall–Kier alpha value is 1.88. The lowest BCUT2D eigenvalue weighted by molar-refractivity contribution is 0.312. The first kappa shape index (κ1) is 32.1. The largest absolute Gasteiger partial charge is 0.490 e. The smallest absolute Gasteiger partial charge is 0.147 e. The third-order valence-electron chi connectivity index (χ3n) is 5.38. The lowest BCUT2D eigenvalue weighted by Gasteiger charge is -2.21. The minimum atomic E-state index is 0.162. The summed E-state index contributed by atoms with van der Waals surface area (Å²) in [5.41, 5.74) is 2.35. The zero-order valence-electron chi connectivity index (χ0n) is 18.9. The number of hydrogen-bond donors (Lipinski definition) is 0. The van der Waals surface area contributed by atoms with Crippen LogP contribution in [0, 0.1) is 0 Å². The Morgan fingerprint density at radius 2 is 0.882 bits per heavy atom. The highest BCUT2D eigenvalue weighted by atomic mass is 79.9. The van der Waals surface area contributed by atoms with Crippen LogP contribution in [-0.4, -0.2) is 32.5 Å². The lowest BCUT2D eigenvalue weighted by Crippen LogP contribution is -2.21. The molecule has 0 aromatic heterocycles. The van der Waals surface area contributed by atoms with E-state index < -0.39 is 0 Å². The third-order valence-corrected chi connectivity index (χ3v) is 13.5. The number of rotatable bonds is 12. The molecule has 0 bridgehead atoms. The number of halogens is 8. The molecular weight excluding hydrogens is 959 g/mol. The van der Waals surface area contributed by atoms with Crippen LogP contribution in [0.4, 0.5) is 0 Å². The summed E-state index contributed by atoms with van der Waals surface area (Å²) < 4.78 is 15.9. The van der Waals surface area contributed by atoms with Gasteiger partial charge in [-0.2, -0.15) is 0 Å². The Morgan fingerprint density at radius 3 is 1.15 bits per heavy atom. The molecule has 0 saturated carbocycles. The molecular formula is C24H26Br8O2. The summed E-state index contributed by atoms with van der Waals surface area (Å²) >= 11 is 29.6. The fourth-order valence-electron chi connectivity index (χ4n) is 3.17. The molecule has 0 aliphatic carbocycles. The minimum absolute atomic E-state index is 0.162. The summed E-state index contributed by atoms with van der Waals surface area (Å²) in [6.07, 6.45) is 2.05. The van der Waals surface area contributed by atoms with Crippen molar-refractivity contribution in [2.75, 3.05) is 13.2 Å². The number of alkyl halides is 4. The summed E-state index contributed by atoms with van der Waals surface area (Å²) in [5, 5.41) is 0. The summed E-state index contributed by atoms with van der Waals surface area (Å²) in [6.45, 7) is 7.63. The second-order valence-electron chi connectivity index (χ2n) is 7.85. The molecule has 0 radical (unpaired) electrons. The van der Waals surface area contributed by atoms with Gasteiger partial charge in [0.1, 0.15) is 24.7 Å². The molecule has 2 rings (SSSR count). The molecule has 2 aromatic carbocycles. The van der Waals surface area contributed by atoms with E-state index in [-0.39, 0.29) is 15.6 Å². The van der Waals surface area contributed by atoms with Crippen LogP contribution in [-0.2, 0) is 0 Å². The van der Waals surface area contributed by atoms with Gasteiger partial charge < -0.3 is 9.47 Å². The molecule has 10 heteroatoms. The first-order valence-corrected chi connectivity index (χ1v) is 17.6. The van der Waals surface area contributed by atoms with Gasteiger partial charge >= 0.3 is 0 Å². The van der Waals surface area contributed by atoms with E-state index in [0.29, 0.717) is 22.9 Å². The zero-order chi connectivity index (χ0) is 25.6. The Balaban J connectivity index is 2.19. The first-order chi connectivity index (χ1) is 16.0. The van der Waals surface area contributed by atoms with Crippen LogP contribution in [0.15, 0.2) is 42.2 Å². The van der Waals surface area contributed by atoms with E-state index in [4.69, 9.17) is 9.47 Å². The second-order valence-corrected chi connectivity index (χ2v) is 16.0. The van der Waals surface area contributed by atoms with Crippen LogP contribution in [0.1, 0.15) is 50.7 Å². The number of ether oxygens (including phenoxy) is 2. The SMILES string of the molecule is CCC(Br)C(Br)COc1c(Br)cc(C(C)c2cc(Br)c(OCC(Br)C(Br)CC)c(Br)c2)cc1Br. The highest BCUT2D eigenvalue weighted by Crippen LogP contribution is 2.42. The van der Waals surface area contributed by atoms with E-state index in [1.807, 2.05) is 0 Å². The van der Waals surface area contributed by atoms with Crippen molar-refractivity contribution in [3.05, 3.63) is 53.3 Å². The van der Waals surface area contributed by atoms with Gasteiger partial charge in [-0.1, -0.05) is 84.5 Å². The number of hydrogen-bond acceptors (Lipinski definition) is 2. The standard InChI is InChI=1S/C24H26Br8O2/c1-4-15(25)21(31)10-33-23-17(27)6-13(7-18(23)28)12(3)14-8-19(29)24(20(30)9-14)34-11-22(32)16(26)5-2/h6-9,12,15-16,21-22H,4-5,10-11H2,1-3H3. The van der Waals surface area contributed by atoms with Gasteiger partial charge in [0, 0.05) is 15.6 Å². The van der Waals surface area contributed by atoms with Crippen molar-refractivity contribution in [3.63, 3.8) is 0 Å². The van der Waals surface area contributed by atoms with Crippen LogP contribution >= 0.6 is 127 Å². The van der Waals surface area contributed by atoms with Gasteiger partial charge in [-0.3, -0.25) is 0 Å². The molecule has 0 heterocycles. The maximum Gasteiger partial charge on any atom is 0.147 e. The van der Waals surface area contributed by atoms with E-state index in [0.717, 1.165) is 42.2 Å². The molecule has 0 N–H and O–H groups in total. The second kappa shape index (κ2) is 15.5. The first-order valence-electron chi connectivity index (χ1n) is 10.8. The molecule has 4 atom stereocenters. The van der Waals surface area contributed by atoms with Gasteiger partial charge in [0.05, 0.1) is 27.5 Å². The number of benzene rings is 2. The molecule has 2 nitrogen and oxygen atoms in total. The van der Waals surface area contributed by atoms with E-state index in [1.54, 1.807) is 0 Å². The van der Waals surface area contributed by atoms with Gasteiger partial charge in [-0.25, -0.2) is 0 Å². The predicted molar refractivity (Wildman–Crippen MR) is 174 cm³/mol. The van der Waals surface area contributed by atoms with E-state index in [1.165, 1.54) is 11.1 Å². The van der Waals surface area contributed by atoms with Gasteiger partial charge in [-0.15, -0.1) is 0 Å². The minimum Gasteiger partial charge on any atom is -0.490 e. The fraction of sp³-hybridized carbons (Fsp3) is 0.500. The van der Waals surface area contributed by atoms with Gasteiger partial charge in [-0.05, 0) is 112 Å². The molecule has 0 saturated heterocycles. The highest BCUT2D eigenvalue weighted by Gasteiger charge is 2.21. The molecule has 0 fully saturated rings. The zero-order valence-corrected chi connectivity index (χ0v) is 31.6. The van der Waals surface area contributed by atoms with Gasteiger partial charge in [0.15, 0.2) is 0 Å². The van der Waals surface area contributed by atoms with Crippen molar-refractivity contribution < 1.29 is 9.47 Å². The van der Waals surface area contributed by atoms with E-state index in [9.17, 15) is 0 Å². The van der Waals surface area contributed by atoms with E-state index >= 15 is 0 Å². The molecule has 190 valence electrons. The Bertz CT molecular complexity index is 833. The summed E-state index contributed by atoms with van der Waals surface area (Å²) in [4.78, 5) is 1.18. The van der Waals surface area contributed by atoms with Crippen LogP contribution in [0.2, 0.25) is 0 Å². The Kier molecular flexibility index (Phi) is 14.6. The molecule has 0 aliphatic heterocycles. The Morgan fingerprint density at radius 1 is 0.588 bits per heavy atom. The molecule has 4 unspecified atom stereocenters. The average Bonchev–Trinajstić information content (AvgIpc) is 2.80. The normalized spacial score (nSPS) is 16.0. The summed E-state index contributed by atoms with van der Waals surface area (Å²) in [5.74, 6) is 1.78. The van der Waals surface area contributed by atoms with Crippen molar-refractivity contribution >= 4 is 127 Å². The van der Waals surface area contributed by atoms with Gasteiger partial charge in [0.2, 0.25) is 0 Å². The quantitative estimate of drug-likeness (QED) is 0.197. The van der Waals surface area contributed by atoms with E-state index in [2.05, 4.69) is 172 Å². The van der Waals surface area contributed by atoms with Crippen molar-refractivity contribution in [1.82, 2.24) is 0 Å².